The van der Waals surface area contributed by atoms with Crippen molar-refractivity contribution in [2.24, 2.45) is 0 Å². The number of aliphatic hydroxyl groups is 1. The first-order chi connectivity index (χ1) is 9.41. The Kier molecular flexibility index (Phi) is 4.45. The lowest BCUT2D eigenvalue weighted by atomic mass is 10.0. The minimum absolute atomic E-state index is 0.0580. The van der Waals surface area contributed by atoms with Crippen molar-refractivity contribution >= 4 is 5.91 Å². The van der Waals surface area contributed by atoms with Crippen molar-refractivity contribution < 1.29 is 14.6 Å². The summed E-state index contributed by atoms with van der Waals surface area (Å²) < 4.78 is 5.73. The molecule has 0 saturated carbocycles. The maximum Gasteiger partial charge on any atom is 0.227 e. The summed E-state index contributed by atoms with van der Waals surface area (Å²) in [6.07, 6.45) is 0.112. The highest BCUT2D eigenvalue weighted by Crippen LogP contribution is 2.22. The highest BCUT2D eigenvalue weighted by atomic mass is 16.5. The number of nitrogens with zero attached hydrogens (tertiary/aromatic N) is 1. The molecule has 2 rings (SSSR count). The molecule has 1 N–H and O–H groups in total. The molecule has 1 saturated heterocycles. The number of carbonyl (C=O) groups is 1. The number of ether oxygens (including phenoxy) is 1. The van der Waals surface area contributed by atoms with Gasteiger partial charge in [-0.15, -0.1) is 0 Å². The van der Waals surface area contributed by atoms with Gasteiger partial charge >= 0.3 is 0 Å². The number of carbonyl (C=O) groups excluding carboxylic acids is 1. The molecule has 1 amide bonds. The molecule has 1 unspecified atom stereocenters. The molecule has 1 aromatic carbocycles. The zero-order valence-corrected chi connectivity index (χ0v) is 12.4. The van der Waals surface area contributed by atoms with Gasteiger partial charge in [0.15, 0.2) is 0 Å². The maximum atomic E-state index is 12.5. The fourth-order valence-electron chi connectivity index (χ4n) is 2.66. The SMILES string of the molecule is Cc1ccccc1CC(=O)N1CC(CO)OC(C)(C)C1. The Morgan fingerprint density at radius 2 is 2.15 bits per heavy atom. The van der Waals surface area contributed by atoms with E-state index in [4.69, 9.17) is 4.74 Å². The summed E-state index contributed by atoms with van der Waals surface area (Å²) in [5.74, 6) is 0.0918. The predicted molar refractivity (Wildman–Crippen MR) is 77.5 cm³/mol. The van der Waals surface area contributed by atoms with Crippen molar-refractivity contribution in [3.05, 3.63) is 35.4 Å². The monoisotopic (exact) mass is 277 g/mol. The van der Waals surface area contributed by atoms with Gasteiger partial charge in [-0.3, -0.25) is 4.79 Å². The lowest BCUT2D eigenvalue weighted by Gasteiger charge is -2.42. The summed E-state index contributed by atoms with van der Waals surface area (Å²) in [5, 5.41) is 9.29. The molecule has 110 valence electrons. The number of benzene rings is 1. The van der Waals surface area contributed by atoms with Gasteiger partial charge in [-0.1, -0.05) is 24.3 Å². The molecule has 1 aliphatic heterocycles. The van der Waals surface area contributed by atoms with E-state index in [-0.39, 0.29) is 18.6 Å². The first-order valence-electron chi connectivity index (χ1n) is 7.02. The summed E-state index contributed by atoms with van der Waals surface area (Å²) in [7, 11) is 0. The number of amides is 1. The highest BCUT2D eigenvalue weighted by Gasteiger charge is 2.35. The van der Waals surface area contributed by atoms with Crippen LogP contribution >= 0.6 is 0 Å². The fraction of sp³-hybridized carbons (Fsp3) is 0.562. The van der Waals surface area contributed by atoms with Crippen molar-refractivity contribution in [2.75, 3.05) is 19.7 Å². The van der Waals surface area contributed by atoms with Crippen LogP contribution in [0.25, 0.3) is 0 Å². The van der Waals surface area contributed by atoms with Crippen LogP contribution in [0.15, 0.2) is 24.3 Å². The van der Waals surface area contributed by atoms with Crippen molar-refractivity contribution in [3.8, 4) is 0 Å². The average molecular weight is 277 g/mol. The van der Waals surface area contributed by atoms with Crippen molar-refractivity contribution in [2.45, 2.75) is 38.9 Å². The number of aryl methyl sites for hydroxylation is 1. The standard InChI is InChI=1S/C16H23NO3/c1-12-6-4-5-7-13(12)8-15(19)17-9-14(10-18)20-16(2,3)11-17/h4-7,14,18H,8-11H2,1-3H3. The first kappa shape index (κ1) is 15.0. The molecule has 0 radical (unpaired) electrons. The smallest absolute Gasteiger partial charge is 0.227 e. The van der Waals surface area contributed by atoms with Crippen LogP contribution in [-0.2, 0) is 16.0 Å². The third kappa shape index (κ3) is 3.58. The van der Waals surface area contributed by atoms with Crippen molar-refractivity contribution in [1.82, 2.24) is 4.90 Å². The zero-order valence-electron chi connectivity index (χ0n) is 12.4. The number of morpholine rings is 1. The van der Waals surface area contributed by atoms with Crippen LogP contribution in [0.4, 0.5) is 0 Å². The Morgan fingerprint density at radius 1 is 1.45 bits per heavy atom. The van der Waals surface area contributed by atoms with Crippen molar-refractivity contribution in [1.29, 1.82) is 0 Å². The van der Waals surface area contributed by atoms with Gasteiger partial charge in [-0.25, -0.2) is 0 Å². The van der Waals surface area contributed by atoms with Gasteiger partial charge in [-0.05, 0) is 31.9 Å². The zero-order chi connectivity index (χ0) is 14.8. The van der Waals surface area contributed by atoms with E-state index in [1.165, 1.54) is 0 Å². The first-order valence-corrected chi connectivity index (χ1v) is 7.02. The number of rotatable bonds is 3. The third-order valence-electron chi connectivity index (χ3n) is 3.64. The lowest BCUT2D eigenvalue weighted by Crippen LogP contribution is -2.55. The second-order valence-electron chi connectivity index (χ2n) is 6.06. The Bertz CT molecular complexity index is 484. The number of hydrogen-bond acceptors (Lipinski definition) is 3. The molecule has 0 aliphatic carbocycles. The molecule has 0 spiro atoms. The van der Waals surface area contributed by atoms with Gasteiger partial charge in [0.2, 0.25) is 5.91 Å². The van der Waals surface area contributed by atoms with Gasteiger partial charge in [0, 0.05) is 13.1 Å². The molecule has 20 heavy (non-hydrogen) atoms. The molecule has 1 atom stereocenters. The third-order valence-corrected chi connectivity index (χ3v) is 3.64. The Morgan fingerprint density at radius 3 is 2.80 bits per heavy atom. The van der Waals surface area contributed by atoms with Crippen LogP contribution in [0.1, 0.15) is 25.0 Å². The minimum Gasteiger partial charge on any atom is -0.394 e. The molecule has 0 bridgehead atoms. The van der Waals surface area contributed by atoms with Gasteiger partial charge in [0.25, 0.3) is 0 Å². The second kappa shape index (κ2) is 5.94. The van der Waals surface area contributed by atoms with Crippen LogP contribution < -0.4 is 0 Å². The molecular weight excluding hydrogens is 254 g/mol. The predicted octanol–water partition coefficient (Wildman–Crippen LogP) is 1.54. The van der Waals surface area contributed by atoms with E-state index in [9.17, 15) is 9.90 Å². The molecule has 0 aromatic heterocycles. The summed E-state index contributed by atoms with van der Waals surface area (Å²) in [6, 6.07) is 7.93. The van der Waals surface area contributed by atoms with Crippen LogP contribution in [-0.4, -0.2) is 47.3 Å². The van der Waals surface area contributed by atoms with Gasteiger partial charge in [-0.2, -0.15) is 0 Å². The summed E-state index contributed by atoms with van der Waals surface area (Å²) in [5.41, 5.74) is 1.78. The van der Waals surface area contributed by atoms with Gasteiger partial charge < -0.3 is 14.7 Å². The van der Waals surface area contributed by atoms with E-state index in [0.717, 1.165) is 11.1 Å². The van der Waals surface area contributed by atoms with E-state index in [0.29, 0.717) is 19.5 Å². The quantitative estimate of drug-likeness (QED) is 0.911. The number of hydrogen-bond donors (Lipinski definition) is 1. The Hall–Kier alpha value is -1.39. The van der Waals surface area contributed by atoms with E-state index in [2.05, 4.69) is 0 Å². The topological polar surface area (TPSA) is 49.8 Å². The van der Waals surface area contributed by atoms with Crippen molar-refractivity contribution in [3.63, 3.8) is 0 Å². The van der Waals surface area contributed by atoms with Gasteiger partial charge in [0.1, 0.15) is 0 Å². The Balaban J connectivity index is 2.07. The largest absolute Gasteiger partial charge is 0.394 e. The minimum atomic E-state index is -0.410. The fourth-order valence-corrected chi connectivity index (χ4v) is 2.66. The highest BCUT2D eigenvalue weighted by molar-refractivity contribution is 5.79. The molecule has 4 heteroatoms. The summed E-state index contributed by atoms with van der Waals surface area (Å²) >= 11 is 0. The molecule has 1 fully saturated rings. The summed E-state index contributed by atoms with van der Waals surface area (Å²) in [6.45, 7) is 6.88. The molecule has 4 nitrogen and oxygen atoms in total. The van der Waals surface area contributed by atoms with E-state index in [1.54, 1.807) is 4.90 Å². The lowest BCUT2D eigenvalue weighted by molar-refractivity contribution is -0.166. The molecular formula is C16H23NO3. The van der Waals surface area contributed by atoms with E-state index in [1.807, 2.05) is 45.0 Å². The maximum absolute atomic E-state index is 12.5. The molecule has 1 aromatic rings. The van der Waals surface area contributed by atoms with Crippen LogP contribution in [0, 0.1) is 6.92 Å². The van der Waals surface area contributed by atoms with Gasteiger partial charge in [0.05, 0.1) is 24.7 Å². The van der Waals surface area contributed by atoms with Crippen LogP contribution in [0.3, 0.4) is 0 Å². The normalized spacial score (nSPS) is 21.8. The van der Waals surface area contributed by atoms with E-state index >= 15 is 0 Å². The number of aliphatic hydroxyl groups excluding tert-OH is 1. The Labute approximate surface area is 120 Å². The van der Waals surface area contributed by atoms with Crippen LogP contribution in [0.5, 0.6) is 0 Å². The average Bonchev–Trinajstić information content (AvgIpc) is 2.39. The van der Waals surface area contributed by atoms with Crippen LogP contribution in [0.2, 0.25) is 0 Å². The molecule has 1 heterocycles. The van der Waals surface area contributed by atoms with E-state index < -0.39 is 5.60 Å². The second-order valence-corrected chi connectivity index (χ2v) is 6.06. The summed E-state index contributed by atoms with van der Waals surface area (Å²) in [4.78, 5) is 14.3. The molecule has 1 aliphatic rings.